The SMILES string of the molecule is COC(=O)Cc1c(C)c2ccc(O[C@@H](C)C(C)=O)cc2oc1=O. The summed E-state index contributed by atoms with van der Waals surface area (Å²) < 4.78 is 15.4. The van der Waals surface area contributed by atoms with Crippen LogP contribution in [0.3, 0.4) is 0 Å². The van der Waals surface area contributed by atoms with E-state index in [-0.39, 0.29) is 17.8 Å². The first-order chi connectivity index (χ1) is 10.8. The lowest BCUT2D eigenvalue weighted by Crippen LogP contribution is -2.20. The van der Waals surface area contributed by atoms with E-state index >= 15 is 0 Å². The minimum atomic E-state index is -0.586. The van der Waals surface area contributed by atoms with Crippen LogP contribution in [0.5, 0.6) is 5.75 Å². The van der Waals surface area contributed by atoms with Crippen molar-refractivity contribution in [3.8, 4) is 5.75 Å². The summed E-state index contributed by atoms with van der Waals surface area (Å²) in [5.74, 6) is -0.172. The largest absolute Gasteiger partial charge is 0.483 e. The van der Waals surface area contributed by atoms with Crippen LogP contribution in [-0.4, -0.2) is 25.0 Å². The summed E-state index contributed by atoms with van der Waals surface area (Å²) >= 11 is 0. The highest BCUT2D eigenvalue weighted by atomic mass is 16.5. The fraction of sp³-hybridized carbons (Fsp3) is 0.353. The van der Waals surface area contributed by atoms with E-state index in [1.165, 1.54) is 14.0 Å². The van der Waals surface area contributed by atoms with E-state index in [4.69, 9.17) is 9.15 Å². The van der Waals surface area contributed by atoms with Crippen molar-refractivity contribution in [2.24, 2.45) is 0 Å². The van der Waals surface area contributed by atoms with Crippen LogP contribution in [0.2, 0.25) is 0 Å². The molecule has 0 N–H and O–H groups in total. The molecule has 0 amide bonds. The standard InChI is InChI=1S/C17H18O6/c1-9-13-6-5-12(22-11(3)10(2)18)7-15(13)23-17(20)14(9)8-16(19)21-4/h5-7,11H,8H2,1-4H3/t11-/m0/s1. The summed E-state index contributed by atoms with van der Waals surface area (Å²) in [6.45, 7) is 4.83. The minimum absolute atomic E-state index is 0.101. The van der Waals surface area contributed by atoms with Gasteiger partial charge in [-0.1, -0.05) is 0 Å². The zero-order chi connectivity index (χ0) is 17.1. The molecular weight excluding hydrogens is 300 g/mol. The summed E-state index contributed by atoms with van der Waals surface area (Å²) in [5, 5.41) is 0.700. The molecule has 2 rings (SSSR count). The lowest BCUT2D eigenvalue weighted by atomic mass is 10.0. The predicted molar refractivity (Wildman–Crippen MR) is 83.7 cm³/mol. The van der Waals surface area contributed by atoms with Crippen LogP contribution in [0.1, 0.15) is 25.0 Å². The third-order valence-corrected chi connectivity index (χ3v) is 3.69. The van der Waals surface area contributed by atoms with Crippen LogP contribution in [0, 0.1) is 6.92 Å². The number of ketones is 1. The van der Waals surface area contributed by atoms with E-state index in [1.54, 1.807) is 32.0 Å². The summed E-state index contributed by atoms with van der Waals surface area (Å²) in [5.41, 5.74) is 0.689. The Bertz CT molecular complexity index is 818. The van der Waals surface area contributed by atoms with Gasteiger partial charge in [0.2, 0.25) is 0 Å². The number of hydrogen-bond donors (Lipinski definition) is 0. The number of Topliss-reactive ketones (excluding diaryl/α,β-unsaturated/α-hetero) is 1. The second-order valence-electron chi connectivity index (χ2n) is 5.27. The maximum atomic E-state index is 12.1. The molecule has 0 bridgehead atoms. The molecule has 1 heterocycles. The molecule has 2 aromatic rings. The second-order valence-corrected chi connectivity index (χ2v) is 5.27. The highest BCUT2D eigenvalue weighted by molar-refractivity contribution is 5.84. The number of ether oxygens (including phenoxy) is 2. The molecular formula is C17H18O6. The molecule has 0 saturated heterocycles. The van der Waals surface area contributed by atoms with Crippen molar-refractivity contribution in [1.29, 1.82) is 0 Å². The predicted octanol–water partition coefficient (Wildman–Crippen LogP) is 2.17. The van der Waals surface area contributed by atoms with Crippen molar-refractivity contribution in [2.75, 3.05) is 7.11 Å². The number of benzene rings is 1. The third kappa shape index (κ3) is 3.59. The number of aryl methyl sites for hydroxylation is 1. The maximum absolute atomic E-state index is 12.1. The molecule has 0 radical (unpaired) electrons. The third-order valence-electron chi connectivity index (χ3n) is 3.69. The van der Waals surface area contributed by atoms with Gasteiger partial charge in [0.25, 0.3) is 0 Å². The fourth-order valence-corrected chi connectivity index (χ4v) is 2.16. The second kappa shape index (κ2) is 6.64. The van der Waals surface area contributed by atoms with E-state index in [1.807, 2.05) is 0 Å². The van der Waals surface area contributed by atoms with E-state index in [0.717, 1.165) is 0 Å². The van der Waals surface area contributed by atoms with Crippen LogP contribution in [0.4, 0.5) is 0 Å². The van der Waals surface area contributed by atoms with Gasteiger partial charge in [0.1, 0.15) is 11.3 Å². The van der Waals surface area contributed by atoms with Crippen LogP contribution < -0.4 is 10.4 Å². The van der Waals surface area contributed by atoms with Crippen molar-refractivity contribution in [1.82, 2.24) is 0 Å². The molecule has 23 heavy (non-hydrogen) atoms. The molecule has 6 heteroatoms. The van der Waals surface area contributed by atoms with Crippen molar-refractivity contribution in [3.63, 3.8) is 0 Å². The Hall–Kier alpha value is -2.63. The van der Waals surface area contributed by atoms with Crippen molar-refractivity contribution in [2.45, 2.75) is 33.3 Å². The van der Waals surface area contributed by atoms with Gasteiger partial charge in [-0.3, -0.25) is 9.59 Å². The minimum Gasteiger partial charge on any atom is -0.483 e. The fourth-order valence-electron chi connectivity index (χ4n) is 2.16. The van der Waals surface area contributed by atoms with Crippen LogP contribution >= 0.6 is 0 Å². The molecule has 122 valence electrons. The van der Waals surface area contributed by atoms with Crippen molar-refractivity contribution in [3.05, 3.63) is 39.7 Å². The van der Waals surface area contributed by atoms with Gasteiger partial charge in [-0.25, -0.2) is 4.79 Å². The molecule has 0 unspecified atom stereocenters. The van der Waals surface area contributed by atoms with Gasteiger partial charge in [0.05, 0.1) is 19.1 Å². The van der Waals surface area contributed by atoms with Crippen molar-refractivity contribution >= 4 is 22.7 Å². The van der Waals surface area contributed by atoms with Gasteiger partial charge in [-0.2, -0.15) is 0 Å². The first-order valence-corrected chi connectivity index (χ1v) is 7.13. The average molecular weight is 318 g/mol. The number of fused-ring (bicyclic) bond motifs is 1. The first kappa shape index (κ1) is 16.7. The maximum Gasteiger partial charge on any atom is 0.340 e. The lowest BCUT2D eigenvalue weighted by Gasteiger charge is -2.13. The van der Waals surface area contributed by atoms with Crippen LogP contribution in [0.25, 0.3) is 11.0 Å². The monoisotopic (exact) mass is 318 g/mol. The van der Waals surface area contributed by atoms with Gasteiger partial charge in [-0.05, 0) is 38.5 Å². The molecule has 0 aliphatic rings. The molecule has 0 saturated carbocycles. The highest BCUT2D eigenvalue weighted by Crippen LogP contribution is 2.25. The van der Waals surface area contributed by atoms with Crippen molar-refractivity contribution < 1.29 is 23.5 Å². The Kier molecular flexibility index (Phi) is 4.83. The van der Waals surface area contributed by atoms with E-state index < -0.39 is 17.7 Å². The Morgan fingerprint density at radius 2 is 2.00 bits per heavy atom. The zero-order valence-electron chi connectivity index (χ0n) is 13.5. The molecule has 1 aromatic carbocycles. The summed E-state index contributed by atoms with van der Waals surface area (Å²) in [6, 6.07) is 4.98. The number of esters is 1. The van der Waals surface area contributed by atoms with Gasteiger partial charge in [0.15, 0.2) is 11.9 Å². The molecule has 1 atom stereocenters. The van der Waals surface area contributed by atoms with Crippen LogP contribution in [0.15, 0.2) is 27.4 Å². The van der Waals surface area contributed by atoms with Gasteiger partial charge >= 0.3 is 11.6 Å². The van der Waals surface area contributed by atoms with E-state index in [2.05, 4.69) is 4.74 Å². The molecule has 0 aliphatic carbocycles. The molecule has 1 aromatic heterocycles. The molecule has 0 spiro atoms. The molecule has 6 nitrogen and oxygen atoms in total. The van der Waals surface area contributed by atoms with E-state index in [9.17, 15) is 14.4 Å². The van der Waals surface area contributed by atoms with Gasteiger partial charge < -0.3 is 13.9 Å². The first-order valence-electron chi connectivity index (χ1n) is 7.13. The number of carbonyl (C=O) groups excluding carboxylic acids is 2. The summed E-state index contributed by atoms with van der Waals surface area (Å²) in [4.78, 5) is 34.7. The summed E-state index contributed by atoms with van der Waals surface area (Å²) in [7, 11) is 1.26. The number of carbonyl (C=O) groups is 2. The Morgan fingerprint density at radius 3 is 2.61 bits per heavy atom. The normalized spacial score (nSPS) is 12.0. The summed E-state index contributed by atoms with van der Waals surface area (Å²) in [6.07, 6.45) is -0.723. The number of hydrogen-bond acceptors (Lipinski definition) is 6. The van der Waals surface area contributed by atoms with Gasteiger partial charge in [-0.15, -0.1) is 0 Å². The number of methoxy groups -OCH3 is 1. The zero-order valence-corrected chi connectivity index (χ0v) is 13.5. The molecule has 0 aliphatic heterocycles. The Morgan fingerprint density at radius 1 is 1.30 bits per heavy atom. The van der Waals surface area contributed by atoms with Crippen LogP contribution in [-0.2, 0) is 20.7 Å². The smallest absolute Gasteiger partial charge is 0.340 e. The molecule has 0 fully saturated rings. The number of rotatable bonds is 5. The highest BCUT2D eigenvalue weighted by Gasteiger charge is 2.16. The quantitative estimate of drug-likeness (QED) is 0.620. The lowest BCUT2D eigenvalue weighted by molar-refractivity contribution is -0.139. The van der Waals surface area contributed by atoms with E-state index in [0.29, 0.717) is 22.3 Å². The van der Waals surface area contributed by atoms with Gasteiger partial charge in [0, 0.05) is 11.5 Å². The Labute approximate surface area is 133 Å². The average Bonchev–Trinajstić information content (AvgIpc) is 2.50. The Balaban J connectivity index is 2.46. The topological polar surface area (TPSA) is 82.8 Å².